The summed E-state index contributed by atoms with van der Waals surface area (Å²) in [6.45, 7) is 0.160. The van der Waals surface area contributed by atoms with Gasteiger partial charge in [0.15, 0.2) is 5.82 Å². The van der Waals surface area contributed by atoms with Crippen LogP contribution in [0.1, 0.15) is 0 Å². The van der Waals surface area contributed by atoms with Crippen molar-refractivity contribution < 1.29 is 13.5 Å². The molecule has 0 unspecified atom stereocenters. The lowest BCUT2D eigenvalue weighted by molar-refractivity contribution is 0.372. The summed E-state index contributed by atoms with van der Waals surface area (Å²) < 4.78 is 31.8. The molecule has 2 aromatic carbocycles. The lowest BCUT2D eigenvalue weighted by atomic mass is 10.2. The topological polar surface area (TPSA) is 59.6 Å². The molecular weight excluding hydrogens is 264 g/mol. The Hall–Kier alpha value is -2.63. The Morgan fingerprint density at radius 2 is 2.00 bits per heavy atom. The van der Waals surface area contributed by atoms with Crippen LogP contribution in [0, 0.1) is 11.6 Å². The van der Waals surface area contributed by atoms with E-state index in [4.69, 9.17) is 10.5 Å². The third kappa shape index (κ3) is 2.40. The van der Waals surface area contributed by atoms with Crippen molar-refractivity contribution in [2.75, 3.05) is 17.7 Å². The average Bonchev–Trinajstić information content (AvgIpc) is 2.42. The van der Waals surface area contributed by atoms with E-state index in [0.717, 1.165) is 12.1 Å². The normalized spacial score (nSPS) is 15.4. The Kier molecular flexibility index (Phi) is 2.98. The van der Waals surface area contributed by atoms with Gasteiger partial charge < -0.3 is 15.8 Å². The van der Waals surface area contributed by atoms with Gasteiger partial charge in [-0.25, -0.2) is 13.8 Å². The number of amidine groups is 1. The highest BCUT2D eigenvalue weighted by atomic mass is 19.1. The summed E-state index contributed by atoms with van der Waals surface area (Å²) in [6, 6.07) is 8.38. The van der Waals surface area contributed by atoms with E-state index >= 15 is 0 Å². The second-order valence-electron chi connectivity index (χ2n) is 4.32. The predicted octanol–water partition coefficient (Wildman–Crippen LogP) is 3.08. The Labute approximate surface area is 113 Å². The number of ether oxygens (including phenoxy) is 1. The molecule has 0 radical (unpaired) electrons. The molecule has 0 atom stereocenters. The molecule has 6 heteroatoms. The van der Waals surface area contributed by atoms with Crippen LogP contribution in [0.15, 0.2) is 41.4 Å². The summed E-state index contributed by atoms with van der Waals surface area (Å²) in [5.74, 6) is -0.307. The van der Waals surface area contributed by atoms with Gasteiger partial charge in [-0.05, 0) is 24.3 Å². The van der Waals surface area contributed by atoms with Crippen LogP contribution < -0.4 is 15.8 Å². The number of aliphatic imine (C=N–C) groups is 1. The maximum atomic E-state index is 13.5. The van der Waals surface area contributed by atoms with Gasteiger partial charge in [-0.2, -0.15) is 0 Å². The number of fused-ring (bicyclic) bond motifs is 1. The van der Waals surface area contributed by atoms with Crippen molar-refractivity contribution in [3.63, 3.8) is 0 Å². The van der Waals surface area contributed by atoms with Crippen molar-refractivity contribution in [2.24, 2.45) is 4.99 Å². The minimum atomic E-state index is -0.720. The number of nitrogens with two attached hydrogens (primary N) is 1. The van der Waals surface area contributed by atoms with Crippen LogP contribution >= 0.6 is 0 Å². The first-order valence-electron chi connectivity index (χ1n) is 5.94. The molecule has 3 N–H and O–H groups in total. The number of halogens is 2. The molecule has 2 aromatic rings. The van der Waals surface area contributed by atoms with Gasteiger partial charge in [-0.3, -0.25) is 0 Å². The van der Waals surface area contributed by atoms with Crippen LogP contribution in [-0.2, 0) is 0 Å². The maximum Gasteiger partial charge on any atom is 0.151 e. The van der Waals surface area contributed by atoms with Crippen molar-refractivity contribution >= 4 is 22.9 Å². The molecule has 3 rings (SSSR count). The molecule has 4 nitrogen and oxygen atoms in total. The molecule has 1 aliphatic heterocycles. The standard InChI is InChI=1S/C14H11F2N3O/c15-8-1-3-11(10(16)5-8)18-14-7-20-13-6-9(17)2-4-12(13)19-14/h1-6H,7,17H2,(H,18,19). The maximum absolute atomic E-state index is 13.5. The summed E-state index contributed by atoms with van der Waals surface area (Å²) in [6.07, 6.45) is 0. The fourth-order valence-corrected chi connectivity index (χ4v) is 1.88. The van der Waals surface area contributed by atoms with Crippen LogP contribution in [0.2, 0.25) is 0 Å². The fraction of sp³-hybridized carbons (Fsp3) is 0.0714. The zero-order valence-corrected chi connectivity index (χ0v) is 10.4. The van der Waals surface area contributed by atoms with E-state index in [1.54, 1.807) is 18.2 Å². The SMILES string of the molecule is Nc1ccc2c(c1)OCC(=Nc1ccc(F)cc1F)N2. The first-order chi connectivity index (χ1) is 9.61. The third-order valence-electron chi connectivity index (χ3n) is 2.81. The largest absolute Gasteiger partial charge is 0.483 e. The van der Waals surface area contributed by atoms with Crippen LogP contribution in [0.5, 0.6) is 5.75 Å². The third-order valence-corrected chi connectivity index (χ3v) is 2.81. The Morgan fingerprint density at radius 1 is 1.15 bits per heavy atom. The van der Waals surface area contributed by atoms with Crippen molar-refractivity contribution in [3.8, 4) is 5.75 Å². The second-order valence-corrected chi connectivity index (χ2v) is 4.32. The lowest BCUT2D eigenvalue weighted by Crippen LogP contribution is -2.25. The Bertz CT molecular complexity index is 701. The summed E-state index contributed by atoms with van der Waals surface area (Å²) >= 11 is 0. The summed E-state index contributed by atoms with van der Waals surface area (Å²) in [5.41, 5.74) is 7.00. The average molecular weight is 275 g/mol. The van der Waals surface area contributed by atoms with Crippen LogP contribution in [0.25, 0.3) is 0 Å². The molecule has 1 aliphatic rings. The van der Waals surface area contributed by atoms with Gasteiger partial charge in [0.2, 0.25) is 0 Å². The van der Waals surface area contributed by atoms with Gasteiger partial charge >= 0.3 is 0 Å². The summed E-state index contributed by atoms with van der Waals surface area (Å²) in [7, 11) is 0. The molecule has 1 heterocycles. The van der Waals surface area contributed by atoms with Crippen molar-refractivity contribution in [3.05, 3.63) is 48.0 Å². The summed E-state index contributed by atoms with van der Waals surface area (Å²) in [5, 5.41) is 3.02. The molecule has 0 fully saturated rings. The molecule has 0 amide bonds. The first-order valence-corrected chi connectivity index (χ1v) is 5.94. The molecule has 0 saturated heterocycles. The molecule has 0 aromatic heterocycles. The quantitative estimate of drug-likeness (QED) is 0.786. The van der Waals surface area contributed by atoms with Crippen molar-refractivity contribution in [1.82, 2.24) is 0 Å². The Morgan fingerprint density at radius 3 is 2.80 bits per heavy atom. The number of nitrogen functional groups attached to an aromatic ring is 1. The van der Waals surface area contributed by atoms with Gasteiger partial charge in [-0.1, -0.05) is 0 Å². The summed E-state index contributed by atoms with van der Waals surface area (Å²) in [4.78, 5) is 4.09. The van der Waals surface area contributed by atoms with E-state index < -0.39 is 11.6 Å². The van der Waals surface area contributed by atoms with E-state index in [1.807, 2.05) is 0 Å². The minimum Gasteiger partial charge on any atom is -0.483 e. The molecule has 0 saturated carbocycles. The molecule has 20 heavy (non-hydrogen) atoms. The number of anilines is 2. The lowest BCUT2D eigenvalue weighted by Gasteiger charge is -2.21. The minimum absolute atomic E-state index is 0.0522. The van der Waals surface area contributed by atoms with E-state index in [1.165, 1.54) is 6.07 Å². The van der Waals surface area contributed by atoms with Crippen molar-refractivity contribution in [2.45, 2.75) is 0 Å². The van der Waals surface area contributed by atoms with E-state index in [9.17, 15) is 8.78 Å². The van der Waals surface area contributed by atoms with Gasteiger partial charge in [0.1, 0.15) is 29.7 Å². The molecule has 0 spiro atoms. The van der Waals surface area contributed by atoms with E-state index in [2.05, 4.69) is 10.3 Å². The van der Waals surface area contributed by atoms with Crippen LogP contribution in [-0.4, -0.2) is 12.4 Å². The number of benzene rings is 2. The van der Waals surface area contributed by atoms with Gasteiger partial charge in [0.05, 0.1) is 5.69 Å². The Balaban J connectivity index is 1.89. The van der Waals surface area contributed by atoms with Crippen LogP contribution in [0.4, 0.5) is 25.8 Å². The zero-order chi connectivity index (χ0) is 14.1. The second kappa shape index (κ2) is 4.80. The predicted molar refractivity (Wildman–Crippen MR) is 73.4 cm³/mol. The van der Waals surface area contributed by atoms with Crippen LogP contribution in [0.3, 0.4) is 0 Å². The monoisotopic (exact) mass is 275 g/mol. The first kappa shape index (κ1) is 12.4. The highest BCUT2D eigenvalue weighted by Gasteiger charge is 2.15. The molecule has 0 aliphatic carbocycles. The number of nitrogens with one attached hydrogen (secondary N) is 1. The number of rotatable bonds is 1. The molecular formula is C14H11F2N3O. The van der Waals surface area contributed by atoms with Crippen molar-refractivity contribution in [1.29, 1.82) is 0 Å². The number of hydrogen-bond donors (Lipinski definition) is 2. The van der Waals surface area contributed by atoms with E-state index in [0.29, 0.717) is 23.0 Å². The highest BCUT2D eigenvalue weighted by Crippen LogP contribution is 2.30. The highest BCUT2D eigenvalue weighted by molar-refractivity contribution is 6.01. The number of hydrogen-bond acceptors (Lipinski definition) is 3. The fourth-order valence-electron chi connectivity index (χ4n) is 1.88. The molecule has 102 valence electrons. The van der Waals surface area contributed by atoms with Gasteiger partial charge in [-0.15, -0.1) is 0 Å². The smallest absolute Gasteiger partial charge is 0.151 e. The van der Waals surface area contributed by atoms with Gasteiger partial charge in [0.25, 0.3) is 0 Å². The zero-order valence-electron chi connectivity index (χ0n) is 10.4. The number of nitrogens with zero attached hydrogens (tertiary/aromatic N) is 1. The van der Waals surface area contributed by atoms with E-state index in [-0.39, 0.29) is 12.3 Å². The van der Waals surface area contributed by atoms with Gasteiger partial charge in [0, 0.05) is 17.8 Å². The molecule has 0 bridgehead atoms.